The van der Waals surface area contributed by atoms with Crippen molar-refractivity contribution in [2.24, 2.45) is 17.6 Å². The number of carboxylic acid groups (broad SMARTS) is 2. The first-order valence-electron chi connectivity index (χ1n) is 27.6. The van der Waals surface area contributed by atoms with Gasteiger partial charge in [0, 0.05) is 32.7 Å². The Bertz CT molecular complexity index is 2560. The van der Waals surface area contributed by atoms with Crippen LogP contribution in [0, 0.1) is 18.8 Å². The minimum Gasteiger partial charge on any atom is -0.481 e. The molecule has 466 valence electrons. The Labute approximate surface area is 485 Å². The van der Waals surface area contributed by atoms with Gasteiger partial charge >= 0.3 is 11.9 Å². The molecular formula is C54H82N12O18. The van der Waals surface area contributed by atoms with Crippen molar-refractivity contribution < 1.29 is 87.2 Å². The Balaban J connectivity index is 2.11. The minimum atomic E-state index is -1.62. The van der Waals surface area contributed by atoms with Crippen molar-refractivity contribution in [2.45, 2.75) is 174 Å². The third kappa shape index (κ3) is 24.1. The number of nitrogens with two attached hydrogens (primary N) is 1. The second-order valence-corrected chi connectivity index (χ2v) is 20.9. The van der Waals surface area contributed by atoms with Gasteiger partial charge < -0.3 is 79.1 Å². The molecule has 0 saturated carbocycles. The van der Waals surface area contributed by atoms with Crippen molar-refractivity contribution in [3.05, 3.63) is 35.4 Å². The summed E-state index contributed by atoms with van der Waals surface area (Å²) < 4.78 is 0. The SMILES string of the molecule is CCC[C@H](NC(=O)[C@@H]1CCCN1C(=O)[C@@H](NC(=O)[C@@H](NC(=O)[C@H](CCC(=O)O)NC(=O)[C@H](CCC(=O)O)NC(C)=O)C(C)C)C(C)C)C(=O)C(=O)NCC(=O)NCC(=O)N[C@@H](CO)C(=O)N[C@@H](Cc1ccc(C)cc1)C(=O)N[C@@H](CC)C(N)=O. The molecule has 0 unspecified atom stereocenters. The topological polar surface area (TPSA) is 466 Å². The van der Waals surface area contributed by atoms with Crippen LogP contribution < -0.4 is 58.9 Å². The number of aliphatic hydroxyl groups excluding tert-OH is 1. The Morgan fingerprint density at radius 3 is 1.63 bits per heavy atom. The highest BCUT2D eigenvalue weighted by atomic mass is 16.4. The summed E-state index contributed by atoms with van der Waals surface area (Å²) in [6, 6.07) is -5.26. The fourth-order valence-electron chi connectivity index (χ4n) is 8.62. The second-order valence-electron chi connectivity index (χ2n) is 20.9. The monoisotopic (exact) mass is 1190 g/mol. The molecule has 0 bridgehead atoms. The zero-order chi connectivity index (χ0) is 63.5. The van der Waals surface area contributed by atoms with Gasteiger partial charge in [-0.1, -0.05) is 77.8 Å². The van der Waals surface area contributed by atoms with E-state index in [9.17, 15) is 82.1 Å². The molecule has 0 radical (unpaired) electrons. The van der Waals surface area contributed by atoms with Crippen molar-refractivity contribution in [1.82, 2.24) is 58.1 Å². The zero-order valence-corrected chi connectivity index (χ0v) is 48.5. The predicted molar refractivity (Wildman–Crippen MR) is 297 cm³/mol. The number of carbonyl (C=O) groups excluding carboxylic acids is 13. The van der Waals surface area contributed by atoms with Crippen LogP contribution in [-0.2, 0) is 78.3 Å². The van der Waals surface area contributed by atoms with Crippen molar-refractivity contribution in [3.8, 4) is 0 Å². The van der Waals surface area contributed by atoms with Crippen LogP contribution in [0.5, 0.6) is 0 Å². The number of likely N-dealkylation sites (tertiary alicyclic amines) is 1. The summed E-state index contributed by atoms with van der Waals surface area (Å²) in [6.07, 6.45) is -1.24. The van der Waals surface area contributed by atoms with Crippen LogP contribution in [-0.4, -0.2) is 189 Å². The second kappa shape index (κ2) is 35.4. The van der Waals surface area contributed by atoms with Crippen molar-refractivity contribution >= 4 is 88.6 Å². The van der Waals surface area contributed by atoms with E-state index in [1.165, 1.54) is 4.90 Å². The van der Waals surface area contributed by atoms with Gasteiger partial charge in [0.2, 0.25) is 70.8 Å². The Morgan fingerprint density at radius 1 is 0.595 bits per heavy atom. The number of ketones is 1. The summed E-state index contributed by atoms with van der Waals surface area (Å²) in [5, 5.41) is 52.3. The number of nitrogens with zero attached hydrogens (tertiary/aromatic N) is 1. The Hall–Kier alpha value is -8.57. The summed E-state index contributed by atoms with van der Waals surface area (Å²) in [5.41, 5.74) is 6.94. The highest BCUT2D eigenvalue weighted by molar-refractivity contribution is 6.38. The van der Waals surface area contributed by atoms with Crippen LogP contribution in [0.25, 0.3) is 0 Å². The largest absolute Gasteiger partial charge is 0.481 e. The fraction of sp³-hybridized carbons (Fsp3) is 0.611. The average Bonchev–Trinajstić information content (AvgIpc) is 4.01. The lowest BCUT2D eigenvalue weighted by Gasteiger charge is -2.33. The van der Waals surface area contributed by atoms with E-state index in [-0.39, 0.29) is 45.1 Å². The van der Waals surface area contributed by atoms with E-state index < -0.39 is 194 Å². The summed E-state index contributed by atoms with van der Waals surface area (Å²) in [4.78, 5) is 195. The van der Waals surface area contributed by atoms with Gasteiger partial charge in [-0.25, -0.2) is 0 Å². The number of aliphatic carboxylic acids is 2. The molecule has 9 atom stereocenters. The van der Waals surface area contributed by atoms with Crippen molar-refractivity contribution in [2.75, 3.05) is 26.2 Å². The molecule has 1 aromatic rings. The highest BCUT2D eigenvalue weighted by Gasteiger charge is 2.42. The number of nitrogens with one attached hydrogen (secondary N) is 10. The lowest BCUT2D eigenvalue weighted by atomic mass is 9.98. The van der Waals surface area contributed by atoms with Crippen LogP contribution in [0.1, 0.15) is 117 Å². The predicted octanol–water partition coefficient (Wildman–Crippen LogP) is -4.04. The number of aryl methyl sites for hydroxylation is 1. The third-order valence-electron chi connectivity index (χ3n) is 13.3. The third-order valence-corrected chi connectivity index (χ3v) is 13.3. The van der Waals surface area contributed by atoms with E-state index in [0.29, 0.717) is 12.0 Å². The molecule has 30 heteroatoms. The number of carbonyl (C=O) groups is 15. The molecule has 1 saturated heterocycles. The van der Waals surface area contributed by atoms with E-state index in [1.807, 2.05) is 6.92 Å². The molecule has 0 aromatic heterocycles. The molecule has 12 amide bonds. The maximum atomic E-state index is 14.3. The van der Waals surface area contributed by atoms with Gasteiger partial charge in [0.15, 0.2) is 0 Å². The highest BCUT2D eigenvalue weighted by Crippen LogP contribution is 2.22. The molecule has 1 heterocycles. The summed E-state index contributed by atoms with van der Waals surface area (Å²) in [6.45, 7) is 10.0. The molecule has 1 aliphatic rings. The fourth-order valence-corrected chi connectivity index (χ4v) is 8.62. The van der Waals surface area contributed by atoms with Gasteiger partial charge in [-0.2, -0.15) is 0 Å². The number of benzene rings is 1. The molecule has 2 rings (SSSR count). The maximum Gasteiger partial charge on any atom is 0.303 e. The molecule has 84 heavy (non-hydrogen) atoms. The Morgan fingerprint density at radius 2 is 1.11 bits per heavy atom. The number of hydrogen-bond acceptors (Lipinski definition) is 16. The number of rotatable bonds is 36. The number of aliphatic hydroxyl groups is 1. The average molecular weight is 1190 g/mol. The first-order chi connectivity index (χ1) is 39.4. The number of primary amides is 1. The van der Waals surface area contributed by atoms with E-state index in [1.54, 1.807) is 65.8 Å². The van der Waals surface area contributed by atoms with Crippen LogP contribution in [0.15, 0.2) is 24.3 Å². The van der Waals surface area contributed by atoms with Gasteiger partial charge in [-0.15, -0.1) is 0 Å². The number of amides is 12. The maximum absolute atomic E-state index is 14.3. The smallest absolute Gasteiger partial charge is 0.303 e. The standard InChI is InChI=1S/C54H82N12O18/c1-9-12-33(45(75)53(83)57-24-39(69)56-25-40(70)59-37(26-67)50(80)63-36(23-31-16-14-29(7)15-17-31)49(79)60-32(10-2)46(55)76)61-51(81)38-13-11-22-66(38)54(84)44(28(5)6)65-52(82)43(27(3)4)64-48(78)35(19-21-42(73)74)62-47(77)34(58-30(8)68)18-20-41(71)72/h14-17,27-28,32-38,43-44,67H,9-13,18-26H2,1-8H3,(H2,55,76)(H,56,69)(H,57,83)(H,58,68)(H,59,70)(H,60,79)(H,61,81)(H,62,77)(H,63,80)(H,64,78)(H,65,82)(H,71,72)(H,73,74)/t32-,33-,34-,35-,36-,37-,38-,43-,44-/m0/s1. The van der Waals surface area contributed by atoms with Crippen molar-refractivity contribution in [1.29, 1.82) is 0 Å². The summed E-state index contributed by atoms with van der Waals surface area (Å²) in [7, 11) is 0. The van der Waals surface area contributed by atoms with Gasteiger partial charge in [-0.3, -0.25) is 71.9 Å². The van der Waals surface area contributed by atoms with Gasteiger partial charge in [0.05, 0.1) is 25.7 Å². The summed E-state index contributed by atoms with van der Waals surface area (Å²) in [5.74, 6) is -15.9. The van der Waals surface area contributed by atoms with Crippen LogP contribution in [0.3, 0.4) is 0 Å². The van der Waals surface area contributed by atoms with E-state index in [4.69, 9.17) is 10.8 Å². The molecule has 1 fully saturated rings. The number of Topliss-reactive ketones (excluding diaryl/α,β-unsaturated/α-hetero) is 1. The molecule has 30 nitrogen and oxygen atoms in total. The van der Waals surface area contributed by atoms with Crippen LogP contribution in [0.4, 0.5) is 0 Å². The molecular weight excluding hydrogens is 1100 g/mol. The number of hydrogen-bond donors (Lipinski definition) is 14. The quantitative estimate of drug-likeness (QED) is 0.0284. The number of carboxylic acids is 2. The van der Waals surface area contributed by atoms with Gasteiger partial charge in [0.25, 0.3) is 5.91 Å². The molecule has 1 aliphatic heterocycles. The molecule has 1 aromatic carbocycles. The first kappa shape index (κ1) is 71.5. The lowest BCUT2D eigenvalue weighted by Crippen LogP contribution is -2.61. The molecule has 0 spiro atoms. The van der Waals surface area contributed by atoms with Gasteiger partial charge in [-0.05, 0) is 62.8 Å². The summed E-state index contributed by atoms with van der Waals surface area (Å²) >= 11 is 0. The first-order valence-corrected chi connectivity index (χ1v) is 27.6. The molecule has 15 N–H and O–H groups in total. The Kier molecular flexibility index (Phi) is 30.2. The lowest BCUT2D eigenvalue weighted by molar-refractivity contribution is -0.144. The zero-order valence-electron chi connectivity index (χ0n) is 48.5. The van der Waals surface area contributed by atoms with Gasteiger partial charge in [0.1, 0.15) is 48.3 Å². The van der Waals surface area contributed by atoms with Crippen LogP contribution in [0.2, 0.25) is 0 Å². The van der Waals surface area contributed by atoms with E-state index in [0.717, 1.165) is 12.5 Å². The van der Waals surface area contributed by atoms with Crippen LogP contribution >= 0.6 is 0 Å². The van der Waals surface area contributed by atoms with E-state index >= 15 is 0 Å². The van der Waals surface area contributed by atoms with E-state index in [2.05, 4.69) is 53.2 Å². The van der Waals surface area contributed by atoms with Crippen molar-refractivity contribution in [3.63, 3.8) is 0 Å². The normalized spacial score (nSPS) is 15.7. The minimum absolute atomic E-state index is 0.0397. The molecule has 0 aliphatic carbocycles.